The van der Waals surface area contributed by atoms with Crippen LogP contribution in [0.5, 0.6) is 11.5 Å². The van der Waals surface area contributed by atoms with E-state index in [0.29, 0.717) is 46.0 Å². The molecule has 3 aromatic carbocycles. The molecular weight excluding hydrogens is 482 g/mol. The molecule has 4 aromatic rings. The Balaban J connectivity index is 1.56. The lowest BCUT2D eigenvalue weighted by Gasteiger charge is -2.15. The Labute approximate surface area is 212 Å². The Morgan fingerprint density at radius 3 is 2.39 bits per heavy atom. The average Bonchev–Trinajstić information content (AvgIpc) is 2.90. The SMILES string of the molecule is COc1ccc(CCNC(=O)Cn2c(=O)n(Cc3ccccc3Cl)c(=O)c3ccccc32)cc1OC. The molecule has 0 aliphatic heterocycles. The number of carbonyl (C=O) groups excluding carboxylic acids is 1. The third-order valence-electron chi connectivity index (χ3n) is 5.90. The Morgan fingerprint density at radius 1 is 0.917 bits per heavy atom. The summed E-state index contributed by atoms with van der Waals surface area (Å²) < 4.78 is 13.0. The fraction of sp³-hybridized carbons (Fsp3) is 0.222. The molecule has 8 nitrogen and oxygen atoms in total. The Hall–Kier alpha value is -4.04. The summed E-state index contributed by atoms with van der Waals surface area (Å²) in [4.78, 5) is 39.3. The van der Waals surface area contributed by atoms with E-state index in [1.54, 1.807) is 62.8 Å². The number of methoxy groups -OCH3 is 2. The van der Waals surface area contributed by atoms with Crippen LogP contribution in [0.3, 0.4) is 0 Å². The molecule has 0 aliphatic rings. The van der Waals surface area contributed by atoms with E-state index in [1.807, 2.05) is 18.2 Å². The van der Waals surface area contributed by atoms with Crippen molar-refractivity contribution in [3.63, 3.8) is 0 Å². The second kappa shape index (κ2) is 11.1. The number of hydrogen-bond acceptors (Lipinski definition) is 5. The van der Waals surface area contributed by atoms with Gasteiger partial charge in [0.15, 0.2) is 11.5 Å². The van der Waals surface area contributed by atoms with Crippen molar-refractivity contribution < 1.29 is 14.3 Å². The lowest BCUT2D eigenvalue weighted by molar-refractivity contribution is -0.121. The van der Waals surface area contributed by atoms with Gasteiger partial charge in [0.2, 0.25) is 5.91 Å². The zero-order chi connectivity index (χ0) is 25.7. The summed E-state index contributed by atoms with van der Waals surface area (Å²) in [6.45, 7) is 0.136. The van der Waals surface area contributed by atoms with E-state index in [0.717, 1.165) is 10.1 Å². The number of carbonyl (C=O) groups is 1. The highest BCUT2D eigenvalue weighted by atomic mass is 35.5. The van der Waals surface area contributed by atoms with E-state index in [2.05, 4.69) is 5.32 Å². The van der Waals surface area contributed by atoms with Crippen molar-refractivity contribution in [3.8, 4) is 11.5 Å². The van der Waals surface area contributed by atoms with Crippen LogP contribution in [0, 0.1) is 0 Å². The number of nitrogens with one attached hydrogen (secondary N) is 1. The highest BCUT2D eigenvalue weighted by molar-refractivity contribution is 6.31. The predicted molar refractivity (Wildman–Crippen MR) is 139 cm³/mol. The molecule has 0 unspecified atom stereocenters. The van der Waals surface area contributed by atoms with Gasteiger partial charge in [-0.15, -0.1) is 0 Å². The van der Waals surface area contributed by atoms with Crippen LogP contribution in [-0.4, -0.2) is 35.8 Å². The topological polar surface area (TPSA) is 91.6 Å². The van der Waals surface area contributed by atoms with Crippen LogP contribution in [0.15, 0.2) is 76.3 Å². The number of hydrogen-bond donors (Lipinski definition) is 1. The van der Waals surface area contributed by atoms with Crippen molar-refractivity contribution in [3.05, 3.63) is 104 Å². The third kappa shape index (κ3) is 5.28. The smallest absolute Gasteiger partial charge is 0.332 e. The molecule has 9 heteroatoms. The highest BCUT2D eigenvalue weighted by Crippen LogP contribution is 2.27. The Morgan fingerprint density at radius 2 is 1.64 bits per heavy atom. The molecule has 1 aromatic heterocycles. The van der Waals surface area contributed by atoms with E-state index in [-0.39, 0.29) is 19.0 Å². The highest BCUT2D eigenvalue weighted by Gasteiger charge is 2.16. The van der Waals surface area contributed by atoms with Crippen LogP contribution >= 0.6 is 11.6 Å². The number of nitrogens with zero attached hydrogens (tertiary/aromatic N) is 2. The van der Waals surface area contributed by atoms with Crippen LogP contribution in [0.25, 0.3) is 10.9 Å². The van der Waals surface area contributed by atoms with E-state index in [1.165, 1.54) is 4.57 Å². The molecule has 186 valence electrons. The number of amides is 1. The molecule has 0 fully saturated rings. The minimum atomic E-state index is -0.575. The first-order chi connectivity index (χ1) is 17.4. The second-order valence-corrected chi connectivity index (χ2v) is 8.57. The quantitative estimate of drug-likeness (QED) is 0.375. The number of rotatable bonds is 9. The lowest BCUT2D eigenvalue weighted by Crippen LogP contribution is -2.43. The molecule has 1 heterocycles. The molecule has 36 heavy (non-hydrogen) atoms. The fourth-order valence-corrected chi connectivity index (χ4v) is 4.24. The van der Waals surface area contributed by atoms with Gasteiger partial charge in [0.05, 0.1) is 31.7 Å². The molecule has 0 aliphatic carbocycles. The Bertz CT molecular complexity index is 1530. The molecule has 0 spiro atoms. The largest absolute Gasteiger partial charge is 0.493 e. The maximum Gasteiger partial charge on any atom is 0.332 e. The molecule has 1 N–H and O–H groups in total. The van der Waals surface area contributed by atoms with Gasteiger partial charge in [-0.05, 0) is 47.9 Å². The van der Waals surface area contributed by atoms with Gasteiger partial charge >= 0.3 is 5.69 Å². The van der Waals surface area contributed by atoms with Gasteiger partial charge in [0.25, 0.3) is 5.56 Å². The molecule has 0 bridgehead atoms. The molecular formula is C27H26ClN3O5. The summed E-state index contributed by atoms with van der Waals surface area (Å²) in [6, 6.07) is 19.3. The standard InChI is InChI=1S/C27H26ClN3O5/c1-35-23-12-11-18(15-24(23)36-2)13-14-29-25(32)17-30-22-10-6-4-8-20(22)26(33)31(27(30)34)16-19-7-3-5-9-21(19)28/h3-12,15H,13-14,16-17H2,1-2H3,(H,29,32). The number of para-hydroxylation sites is 1. The van der Waals surface area contributed by atoms with Crippen LogP contribution in [0.2, 0.25) is 5.02 Å². The summed E-state index contributed by atoms with van der Waals surface area (Å²) in [5.74, 6) is 0.897. The monoisotopic (exact) mass is 507 g/mol. The maximum absolute atomic E-state index is 13.4. The predicted octanol–water partition coefficient (Wildman–Crippen LogP) is 3.24. The zero-order valence-electron chi connectivity index (χ0n) is 20.0. The van der Waals surface area contributed by atoms with Gasteiger partial charge in [-0.3, -0.25) is 18.7 Å². The van der Waals surface area contributed by atoms with Crippen molar-refractivity contribution in [2.75, 3.05) is 20.8 Å². The van der Waals surface area contributed by atoms with Crippen molar-refractivity contribution in [2.45, 2.75) is 19.5 Å². The van der Waals surface area contributed by atoms with Gasteiger partial charge in [0.1, 0.15) is 6.54 Å². The van der Waals surface area contributed by atoms with Crippen LogP contribution in [0.4, 0.5) is 0 Å². The second-order valence-electron chi connectivity index (χ2n) is 8.16. The first kappa shape index (κ1) is 25.1. The normalized spacial score (nSPS) is 10.9. The molecule has 0 atom stereocenters. The van der Waals surface area contributed by atoms with Gasteiger partial charge < -0.3 is 14.8 Å². The van der Waals surface area contributed by atoms with E-state index in [4.69, 9.17) is 21.1 Å². The molecule has 0 radical (unpaired) electrons. The van der Waals surface area contributed by atoms with E-state index in [9.17, 15) is 14.4 Å². The summed E-state index contributed by atoms with van der Waals surface area (Å²) in [7, 11) is 3.14. The van der Waals surface area contributed by atoms with Crippen molar-refractivity contribution in [1.82, 2.24) is 14.5 Å². The number of fused-ring (bicyclic) bond motifs is 1. The first-order valence-electron chi connectivity index (χ1n) is 11.4. The number of benzene rings is 3. The fourth-order valence-electron chi connectivity index (χ4n) is 4.04. The van der Waals surface area contributed by atoms with Crippen molar-refractivity contribution in [2.24, 2.45) is 0 Å². The summed E-state index contributed by atoms with van der Waals surface area (Å²) in [5, 5.41) is 3.66. The number of aromatic nitrogens is 2. The van der Waals surface area contributed by atoms with Crippen molar-refractivity contribution >= 4 is 28.4 Å². The maximum atomic E-state index is 13.4. The van der Waals surface area contributed by atoms with Gasteiger partial charge in [-0.1, -0.05) is 48.0 Å². The minimum absolute atomic E-state index is 0.00307. The van der Waals surface area contributed by atoms with Crippen LogP contribution in [0.1, 0.15) is 11.1 Å². The average molecular weight is 508 g/mol. The number of ether oxygens (including phenoxy) is 2. The summed E-state index contributed by atoms with van der Waals surface area (Å²) in [5.41, 5.74) is 0.996. The van der Waals surface area contributed by atoms with Gasteiger partial charge in [-0.25, -0.2) is 4.79 Å². The van der Waals surface area contributed by atoms with E-state index >= 15 is 0 Å². The third-order valence-corrected chi connectivity index (χ3v) is 6.27. The van der Waals surface area contributed by atoms with Crippen molar-refractivity contribution in [1.29, 1.82) is 0 Å². The van der Waals surface area contributed by atoms with Crippen LogP contribution < -0.4 is 26.0 Å². The molecule has 0 saturated carbocycles. The first-order valence-corrected chi connectivity index (χ1v) is 11.7. The molecule has 1 amide bonds. The lowest BCUT2D eigenvalue weighted by atomic mass is 10.1. The summed E-state index contributed by atoms with van der Waals surface area (Å²) >= 11 is 6.26. The van der Waals surface area contributed by atoms with Crippen LogP contribution in [-0.2, 0) is 24.3 Å². The minimum Gasteiger partial charge on any atom is -0.493 e. The molecule has 0 saturated heterocycles. The van der Waals surface area contributed by atoms with E-state index < -0.39 is 11.2 Å². The van der Waals surface area contributed by atoms with Gasteiger partial charge in [0, 0.05) is 11.6 Å². The molecule has 4 rings (SSSR count). The number of halogens is 1. The Kier molecular flexibility index (Phi) is 7.75. The van der Waals surface area contributed by atoms with Gasteiger partial charge in [-0.2, -0.15) is 0 Å². The zero-order valence-corrected chi connectivity index (χ0v) is 20.7. The summed E-state index contributed by atoms with van der Waals surface area (Å²) in [6.07, 6.45) is 0.563.